The number of para-hydroxylation sites is 2. The van der Waals surface area contributed by atoms with Crippen molar-refractivity contribution in [2.24, 2.45) is 5.73 Å². The second-order valence-electron chi connectivity index (χ2n) is 5.24. The zero-order valence-corrected chi connectivity index (χ0v) is 13.8. The number of rotatable bonds is 4. The normalized spacial score (nSPS) is 11.0. The quantitative estimate of drug-likeness (QED) is 0.745. The molecule has 0 atom stereocenters. The third-order valence-electron chi connectivity index (χ3n) is 3.12. The van der Waals surface area contributed by atoms with Gasteiger partial charge in [0.05, 0.1) is 16.9 Å². The number of aromatic nitrogens is 2. The van der Waals surface area contributed by atoms with Gasteiger partial charge >= 0.3 is 0 Å². The van der Waals surface area contributed by atoms with E-state index in [-0.39, 0.29) is 17.3 Å². The summed E-state index contributed by atoms with van der Waals surface area (Å²) in [6, 6.07) is 8.69. The number of nitrogens with zero attached hydrogens (tertiary/aromatic N) is 2. The van der Waals surface area contributed by atoms with Crippen LogP contribution in [-0.2, 0) is 9.59 Å². The molecule has 124 valence electrons. The van der Waals surface area contributed by atoms with E-state index >= 15 is 0 Å². The molecule has 0 saturated carbocycles. The summed E-state index contributed by atoms with van der Waals surface area (Å²) in [5.41, 5.74) is 8.19. The highest BCUT2D eigenvalue weighted by atomic mass is 16.2. The number of carbonyl (C=O) groups is 2. The third kappa shape index (κ3) is 4.16. The van der Waals surface area contributed by atoms with E-state index in [4.69, 9.17) is 5.73 Å². The minimum absolute atomic E-state index is 0.152. The number of nitrogens with two attached hydrogens (primary N) is 1. The number of aryl methyl sites for hydroxylation is 2. The molecule has 1 heterocycles. The average molecular weight is 325 g/mol. The molecule has 0 spiro atoms. The highest BCUT2D eigenvalue weighted by molar-refractivity contribution is 6.25. The summed E-state index contributed by atoms with van der Waals surface area (Å²) in [4.78, 5) is 32.3. The molecule has 0 aliphatic rings. The largest absolute Gasteiger partial charge is 0.404 e. The summed E-state index contributed by atoms with van der Waals surface area (Å²) in [6.07, 6.45) is 1.17. The van der Waals surface area contributed by atoms with Crippen LogP contribution in [0.1, 0.15) is 24.1 Å². The first-order valence-electron chi connectivity index (χ1n) is 7.33. The molecule has 0 unspecified atom stereocenters. The zero-order valence-electron chi connectivity index (χ0n) is 13.8. The third-order valence-corrected chi connectivity index (χ3v) is 3.12. The molecule has 1 aromatic heterocycles. The molecule has 0 aliphatic heterocycles. The number of nitrogens with one attached hydrogen (secondary N) is 2. The molecule has 0 saturated heterocycles. The summed E-state index contributed by atoms with van der Waals surface area (Å²) < 4.78 is 0. The predicted molar refractivity (Wildman–Crippen MR) is 93.0 cm³/mol. The van der Waals surface area contributed by atoms with Crippen LogP contribution in [0.4, 0.5) is 11.4 Å². The molecular formula is C17H19N5O2. The van der Waals surface area contributed by atoms with Crippen LogP contribution in [0.5, 0.6) is 0 Å². The lowest BCUT2D eigenvalue weighted by molar-refractivity contribution is -0.114. The summed E-state index contributed by atoms with van der Waals surface area (Å²) in [5, 5.41) is 5.38. The van der Waals surface area contributed by atoms with E-state index in [0.29, 0.717) is 11.4 Å². The second-order valence-corrected chi connectivity index (χ2v) is 5.24. The van der Waals surface area contributed by atoms with Crippen LogP contribution in [0.2, 0.25) is 0 Å². The van der Waals surface area contributed by atoms with E-state index in [1.54, 1.807) is 24.3 Å². The van der Waals surface area contributed by atoms with E-state index in [0.717, 1.165) is 11.4 Å². The Labute approximate surface area is 140 Å². The lowest BCUT2D eigenvalue weighted by Crippen LogP contribution is -2.18. The number of anilines is 2. The first-order valence-corrected chi connectivity index (χ1v) is 7.33. The summed E-state index contributed by atoms with van der Waals surface area (Å²) in [5.74, 6) is -0.436. The lowest BCUT2D eigenvalue weighted by atomic mass is 10.2. The second kappa shape index (κ2) is 7.36. The van der Waals surface area contributed by atoms with Crippen LogP contribution in [0, 0.1) is 13.8 Å². The molecule has 2 aromatic rings. The Kier molecular flexibility index (Phi) is 5.26. The molecule has 2 amide bonds. The molecule has 0 bridgehead atoms. The van der Waals surface area contributed by atoms with Gasteiger partial charge in [0.25, 0.3) is 5.91 Å². The van der Waals surface area contributed by atoms with Crippen LogP contribution in [0.15, 0.2) is 36.5 Å². The smallest absolute Gasteiger partial charge is 0.261 e. The van der Waals surface area contributed by atoms with Crippen molar-refractivity contribution in [2.75, 3.05) is 10.6 Å². The zero-order chi connectivity index (χ0) is 17.7. The summed E-state index contributed by atoms with van der Waals surface area (Å²) in [7, 11) is 0. The number of amides is 2. The van der Waals surface area contributed by atoms with E-state index in [1.807, 2.05) is 19.9 Å². The molecule has 7 nitrogen and oxygen atoms in total. The minimum atomic E-state index is -0.458. The maximum atomic E-state index is 12.6. The fraction of sp³-hybridized carbons (Fsp3) is 0.176. The number of hydrogen-bond acceptors (Lipinski definition) is 5. The Bertz CT molecular complexity index is 794. The monoisotopic (exact) mass is 325 g/mol. The van der Waals surface area contributed by atoms with Crippen molar-refractivity contribution in [3.05, 3.63) is 53.7 Å². The molecule has 24 heavy (non-hydrogen) atoms. The van der Waals surface area contributed by atoms with Gasteiger partial charge in [-0.1, -0.05) is 12.1 Å². The van der Waals surface area contributed by atoms with Crippen molar-refractivity contribution < 1.29 is 9.59 Å². The van der Waals surface area contributed by atoms with Crippen molar-refractivity contribution in [1.82, 2.24) is 9.97 Å². The topological polar surface area (TPSA) is 110 Å². The number of carbonyl (C=O) groups excluding carboxylic acids is 2. The predicted octanol–water partition coefficient (Wildman–Crippen LogP) is 1.99. The summed E-state index contributed by atoms with van der Waals surface area (Å²) >= 11 is 0. The van der Waals surface area contributed by atoms with Crippen LogP contribution in [0.25, 0.3) is 5.57 Å². The Balaban J connectivity index is 2.30. The van der Waals surface area contributed by atoms with Crippen molar-refractivity contribution in [1.29, 1.82) is 0 Å². The lowest BCUT2D eigenvalue weighted by Gasteiger charge is -2.12. The Morgan fingerprint density at radius 2 is 1.58 bits per heavy atom. The van der Waals surface area contributed by atoms with E-state index in [1.165, 1.54) is 13.1 Å². The molecule has 7 heteroatoms. The van der Waals surface area contributed by atoms with Crippen LogP contribution < -0.4 is 16.4 Å². The molecule has 4 N–H and O–H groups in total. The fourth-order valence-corrected chi connectivity index (χ4v) is 2.18. The van der Waals surface area contributed by atoms with Crippen molar-refractivity contribution >= 4 is 28.8 Å². The molecule has 0 radical (unpaired) electrons. The Morgan fingerprint density at radius 3 is 2.08 bits per heavy atom. The van der Waals surface area contributed by atoms with Gasteiger partial charge in [0.15, 0.2) is 5.82 Å². The van der Waals surface area contributed by atoms with Gasteiger partial charge in [-0.05, 0) is 32.0 Å². The van der Waals surface area contributed by atoms with Gasteiger partial charge in [-0.15, -0.1) is 0 Å². The van der Waals surface area contributed by atoms with E-state index in [9.17, 15) is 9.59 Å². The molecule has 0 aliphatic carbocycles. The summed E-state index contributed by atoms with van der Waals surface area (Å²) in [6.45, 7) is 5.03. The number of hydrogen-bond donors (Lipinski definition) is 3. The SMILES string of the molecule is CC(=O)Nc1ccccc1NC(=O)C(=CN)c1nc(C)cc(C)n1. The molecular weight excluding hydrogens is 306 g/mol. The van der Waals surface area contributed by atoms with Gasteiger partial charge in [0.1, 0.15) is 0 Å². The van der Waals surface area contributed by atoms with Gasteiger partial charge in [0.2, 0.25) is 5.91 Å². The maximum absolute atomic E-state index is 12.6. The Morgan fingerprint density at radius 1 is 1.04 bits per heavy atom. The molecule has 2 rings (SSSR count). The standard InChI is InChI=1S/C17H19N5O2/c1-10-8-11(2)20-16(19-10)13(9-18)17(24)22-15-7-5-4-6-14(15)21-12(3)23/h4-9H,18H2,1-3H3,(H,21,23)(H,22,24). The highest BCUT2D eigenvalue weighted by Crippen LogP contribution is 2.22. The average Bonchev–Trinajstić information content (AvgIpc) is 2.48. The van der Waals surface area contributed by atoms with Crippen molar-refractivity contribution in [3.63, 3.8) is 0 Å². The van der Waals surface area contributed by atoms with Gasteiger partial charge in [-0.2, -0.15) is 0 Å². The first-order chi connectivity index (χ1) is 11.4. The highest BCUT2D eigenvalue weighted by Gasteiger charge is 2.17. The van der Waals surface area contributed by atoms with Crippen molar-refractivity contribution in [3.8, 4) is 0 Å². The van der Waals surface area contributed by atoms with Gasteiger partial charge in [-0.3, -0.25) is 9.59 Å². The first kappa shape index (κ1) is 17.1. The minimum Gasteiger partial charge on any atom is -0.404 e. The van der Waals surface area contributed by atoms with Gasteiger partial charge in [-0.25, -0.2) is 9.97 Å². The molecule has 1 aromatic carbocycles. The van der Waals surface area contributed by atoms with Crippen molar-refractivity contribution in [2.45, 2.75) is 20.8 Å². The van der Waals surface area contributed by atoms with Gasteiger partial charge < -0.3 is 16.4 Å². The van der Waals surface area contributed by atoms with Gasteiger partial charge in [0, 0.05) is 24.5 Å². The Hall–Kier alpha value is -3.22. The number of benzene rings is 1. The fourth-order valence-electron chi connectivity index (χ4n) is 2.18. The maximum Gasteiger partial charge on any atom is 0.261 e. The van der Waals surface area contributed by atoms with Crippen LogP contribution in [0.3, 0.4) is 0 Å². The molecule has 0 fully saturated rings. The van der Waals surface area contributed by atoms with Crippen LogP contribution >= 0.6 is 0 Å². The van der Waals surface area contributed by atoms with Crippen LogP contribution in [-0.4, -0.2) is 21.8 Å². The van der Waals surface area contributed by atoms with E-state index < -0.39 is 5.91 Å². The van der Waals surface area contributed by atoms with E-state index in [2.05, 4.69) is 20.6 Å².